The van der Waals surface area contributed by atoms with E-state index < -0.39 is 23.0 Å². The molecule has 1 aliphatic heterocycles. The molecule has 2 aromatic carbocycles. The summed E-state index contributed by atoms with van der Waals surface area (Å²) in [5, 5.41) is 0.289. The van der Waals surface area contributed by atoms with Gasteiger partial charge in [0, 0.05) is 27.8 Å². The predicted octanol–water partition coefficient (Wildman–Crippen LogP) is 7.16. The summed E-state index contributed by atoms with van der Waals surface area (Å²) in [4.78, 5) is 13.1. The number of ketones is 1. The molecule has 1 heterocycles. The normalized spacial score (nSPS) is 23.2. The third-order valence-corrected chi connectivity index (χ3v) is 7.67. The number of benzene rings is 2. The highest BCUT2D eigenvalue weighted by Crippen LogP contribution is 2.53. The van der Waals surface area contributed by atoms with Gasteiger partial charge in [-0.1, -0.05) is 37.6 Å². The van der Waals surface area contributed by atoms with Crippen molar-refractivity contribution in [1.82, 2.24) is 0 Å². The SMILES string of the molecule is CC(C)(C(=O)Cc1ccc(Cl)cc1F)C1CCC2(CC1)COc1cc(C(F)(F)F)ccc12. The first kappa shape index (κ1) is 23.1. The Bertz CT molecular complexity index is 1040. The molecule has 0 radical (unpaired) electrons. The smallest absolute Gasteiger partial charge is 0.416 e. The fourth-order valence-electron chi connectivity index (χ4n) is 5.15. The Balaban J connectivity index is 1.46. The lowest BCUT2D eigenvalue weighted by molar-refractivity contribution is -0.137. The highest BCUT2D eigenvalue weighted by atomic mass is 35.5. The summed E-state index contributed by atoms with van der Waals surface area (Å²) in [5.41, 5.74) is -0.495. The first-order valence-corrected chi connectivity index (χ1v) is 11.1. The lowest BCUT2D eigenvalue weighted by Crippen LogP contribution is -2.41. The fraction of sp³-hybridized carbons (Fsp3) is 0.480. The number of rotatable bonds is 4. The van der Waals surface area contributed by atoms with Crippen LogP contribution in [-0.4, -0.2) is 12.4 Å². The first-order valence-electron chi connectivity index (χ1n) is 10.7. The van der Waals surface area contributed by atoms with Crippen molar-refractivity contribution in [1.29, 1.82) is 0 Å². The molecule has 7 heteroatoms. The molecule has 2 aliphatic rings. The number of ether oxygens (including phenoxy) is 1. The van der Waals surface area contributed by atoms with E-state index in [4.69, 9.17) is 16.3 Å². The van der Waals surface area contributed by atoms with Crippen LogP contribution in [0.25, 0.3) is 0 Å². The van der Waals surface area contributed by atoms with Crippen molar-refractivity contribution >= 4 is 17.4 Å². The molecule has 1 saturated carbocycles. The van der Waals surface area contributed by atoms with Crippen molar-refractivity contribution in [2.24, 2.45) is 11.3 Å². The second-order valence-corrected chi connectivity index (χ2v) is 10.0. The summed E-state index contributed by atoms with van der Waals surface area (Å²) < 4.78 is 58.9. The molecule has 0 atom stereocenters. The van der Waals surface area contributed by atoms with Crippen LogP contribution in [0, 0.1) is 17.2 Å². The molecule has 1 fully saturated rings. The van der Waals surface area contributed by atoms with Gasteiger partial charge in [-0.3, -0.25) is 4.79 Å². The van der Waals surface area contributed by atoms with E-state index in [1.54, 1.807) is 18.2 Å². The second kappa shape index (κ2) is 8.05. The molecule has 172 valence electrons. The maximum Gasteiger partial charge on any atom is 0.416 e. The Hall–Kier alpha value is -2.08. The van der Waals surface area contributed by atoms with Crippen molar-refractivity contribution in [3.8, 4) is 5.75 Å². The predicted molar refractivity (Wildman–Crippen MR) is 114 cm³/mol. The average Bonchev–Trinajstić information content (AvgIpc) is 3.07. The Labute approximate surface area is 189 Å². The van der Waals surface area contributed by atoms with Crippen molar-refractivity contribution in [2.75, 3.05) is 6.61 Å². The first-order chi connectivity index (χ1) is 14.9. The van der Waals surface area contributed by atoms with Crippen molar-refractivity contribution in [3.63, 3.8) is 0 Å². The molecule has 0 N–H and O–H groups in total. The summed E-state index contributed by atoms with van der Waals surface area (Å²) in [6.45, 7) is 4.17. The third-order valence-electron chi connectivity index (χ3n) is 7.43. The van der Waals surface area contributed by atoms with Crippen LogP contribution in [0.5, 0.6) is 5.75 Å². The Morgan fingerprint density at radius 3 is 2.44 bits per heavy atom. The maximum absolute atomic E-state index is 14.2. The Morgan fingerprint density at radius 2 is 1.81 bits per heavy atom. The molecule has 0 amide bonds. The molecular weight excluding hydrogens is 444 g/mol. The molecule has 2 nitrogen and oxygen atoms in total. The van der Waals surface area contributed by atoms with Gasteiger partial charge in [-0.25, -0.2) is 4.39 Å². The van der Waals surface area contributed by atoms with Crippen LogP contribution in [0.3, 0.4) is 0 Å². The van der Waals surface area contributed by atoms with Crippen molar-refractivity contribution in [2.45, 2.75) is 57.5 Å². The van der Waals surface area contributed by atoms with E-state index in [1.807, 2.05) is 13.8 Å². The molecule has 0 aromatic heterocycles. The average molecular weight is 469 g/mol. The summed E-state index contributed by atoms with van der Waals surface area (Å²) in [6, 6.07) is 8.09. The highest BCUT2D eigenvalue weighted by molar-refractivity contribution is 6.30. The molecule has 0 bridgehead atoms. The van der Waals surface area contributed by atoms with Crippen LogP contribution >= 0.6 is 11.6 Å². The quantitative estimate of drug-likeness (QED) is 0.445. The number of Topliss-reactive ketones (excluding diaryl/α,β-unsaturated/α-hetero) is 1. The number of hydrogen-bond donors (Lipinski definition) is 0. The van der Waals surface area contributed by atoms with Crippen molar-refractivity contribution < 1.29 is 27.1 Å². The number of alkyl halides is 3. The van der Waals surface area contributed by atoms with Gasteiger partial charge in [-0.15, -0.1) is 0 Å². The minimum Gasteiger partial charge on any atom is -0.492 e. The van der Waals surface area contributed by atoms with Crippen LogP contribution < -0.4 is 4.74 Å². The summed E-state index contributed by atoms with van der Waals surface area (Å²) in [6.07, 6.45) is -1.41. The van der Waals surface area contributed by atoms with Gasteiger partial charge in [-0.05, 0) is 61.4 Å². The fourth-order valence-corrected chi connectivity index (χ4v) is 5.31. The maximum atomic E-state index is 14.2. The summed E-state index contributed by atoms with van der Waals surface area (Å²) in [5.74, 6) is -0.0962. The van der Waals surface area contributed by atoms with Gasteiger partial charge in [0.2, 0.25) is 0 Å². The van der Waals surface area contributed by atoms with Gasteiger partial charge in [0.25, 0.3) is 0 Å². The zero-order valence-electron chi connectivity index (χ0n) is 18.0. The van der Waals surface area contributed by atoms with E-state index in [0.717, 1.165) is 43.4 Å². The molecule has 4 rings (SSSR count). The molecule has 0 unspecified atom stereocenters. The summed E-state index contributed by atoms with van der Waals surface area (Å²) in [7, 11) is 0. The molecule has 32 heavy (non-hydrogen) atoms. The minimum atomic E-state index is -4.40. The van der Waals surface area contributed by atoms with Gasteiger partial charge in [0.15, 0.2) is 0 Å². The molecule has 1 spiro atoms. The van der Waals surface area contributed by atoms with Gasteiger partial charge in [0.1, 0.15) is 17.3 Å². The minimum absolute atomic E-state index is 0.00378. The number of carbonyl (C=O) groups is 1. The van der Waals surface area contributed by atoms with E-state index in [-0.39, 0.29) is 28.6 Å². The van der Waals surface area contributed by atoms with Gasteiger partial charge in [-0.2, -0.15) is 13.2 Å². The van der Waals surface area contributed by atoms with Crippen LogP contribution in [0.1, 0.15) is 56.2 Å². The molecule has 1 aliphatic carbocycles. The van der Waals surface area contributed by atoms with Gasteiger partial charge >= 0.3 is 6.18 Å². The number of carbonyl (C=O) groups excluding carboxylic acids is 1. The number of fused-ring (bicyclic) bond motifs is 2. The second-order valence-electron chi connectivity index (χ2n) is 9.61. The zero-order chi connectivity index (χ0) is 23.3. The standard InChI is InChI=1S/C25H25ClF4O2/c1-23(2,22(31)11-15-3-5-18(26)13-20(15)27)16-7-9-24(10-8-16)14-32-21-12-17(25(28,29)30)4-6-19(21)24/h3-6,12-13,16H,7-11,14H2,1-2H3. The van der Waals surface area contributed by atoms with Crippen LogP contribution in [-0.2, 0) is 22.8 Å². The lowest BCUT2D eigenvalue weighted by Gasteiger charge is -2.42. The highest BCUT2D eigenvalue weighted by Gasteiger charge is 2.48. The van der Waals surface area contributed by atoms with E-state index in [2.05, 4.69) is 0 Å². The van der Waals surface area contributed by atoms with Gasteiger partial charge in [0.05, 0.1) is 12.2 Å². The van der Waals surface area contributed by atoms with Gasteiger partial charge < -0.3 is 4.74 Å². The molecule has 2 aromatic rings. The third kappa shape index (κ3) is 4.14. The van der Waals surface area contributed by atoms with Crippen LogP contribution in [0.2, 0.25) is 5.02 Å². The Kier molecular flexibility index (Phi) is 5.81. The van der Waals surface area contributed by atoms with E-state index in [0.29, 0.717) is 17.9 Å². The van der Waals surface area contributed by atoms with E-state index in [1.165, 1.54) is 6.07 Å². The van der Waals surface area contributed by atoms with E-state index in [9.17, 15) is 22.4 Å². The lowest BCUT2D eigenvalue weighted by atomic mass is 9.60. The summed E-state index contributed by atoms with van der Waals surface area (Å²) >= 11 is 5.80. The topological polar surface area (TPSA) is 26.3 Å². The van der Waals surface area contributed by atoms with E-state index >= 15 is 0 Å². The van der Waals surface area contributed by atoms with Crippen molar-refractivity contribution in [3.05, 3.63) is 63.9 Å². The largest absolute Gasteiger partial charge is 0.492 e. The molecular formula is C25H25ClF4O2. The molecule has 0 saturated heterocycles. The Morgan fingerprint density at radius 1 is 1.12 bits per heavy atom. The van der Waals surface area contributed by atoms with Crippen LogP contribution in [0.4, 0.5) is 17.6 Å². The zero-order valence-corrected chi connectivity index (χ0v) is 18.7. The van der Waals surface area contributed by atoms with Crippen LogP contribution in [0.15, 0.2) is 36.4 Å². The monoisotopic (exact) mass is 468 g/mol. The number of hydrogen-bond acceptors (Lipinski definition) is 2. The number of halogens is 5.